The zero-order valence-electron chi connectivity index (χ0n) is 26.2. The van der Waals surface area contributed by atoms with Gasteiger partial charge in [-0.15, -0.1) is 6.92 Å². The van der Waals surface area contributed by atoms with Crippen LogP contribution in [0.15, 0.2) is 71.3 Å². The molecule has 4 rings (SSSR count). The molecule has 0 aromatic heterocycles. The zero-order chi connectivity index (χ0) is 25.0. The van der Waals surface area contributed by atoms with E-state index in [4.69, 9.17) is 0 Å². The Bertz CT molecular complexity index is 1240. The van der Waals surface area contributed by atoms with Gasteiger partial charge in [-0.2, -0.15) is 11.1 Å². The molecule has 2 heteroatoms. The largest absolute Gasteiger partial charge is 4.00 e. The molecule has 3 aromatic rings. The molecule has 0 saturated carbocycles. The van der Waals surface area contributed by atoms with Gasteiger partial charge in [0.05, 0.1) is 0 Å². The molecule has 0 N–H and O–H groups in total. The molecule has 38 heavy (non-hydrogen) atoms. The van der Waals surface area contributed by atoms with Gasteiger partial charge in [-0.05, 0) is 90.5 Å². The van der Waals surface area contributed by atoms with Gasteiger partial charge in [0, 0.05) is 0 Å². The van der Waals surface area contributed by atoms with Crippen molar-refractivity contribution in [1.29, 1.82) is 0 Å². The van der Waals surface area contributed by atoms with Crippen LogP contribution in [0.2, 0.25) is 5.04 Å². The van der Waals surface area contributed by atoms with Crippen LogP contribution in [-0.4, -0.2) is 8.07 Å². The first-order valence-electron chi connectivity index (χ1n) is 12.5. The summed E-state index contributed by atoms with van der Waals surface area (Å²) in [5.41, 5.74) is 12.5. The van der Waals surface area contributed by atoms with Crippen molar-refractivity contribution in [1.82, 2.24) is 0 Å². The van der Waals surface area contributed by atoms with Crippen molar-refractivity contribution in [2.24, 2.45) is 0 Å². The first-order valence-corrected chi connectivity index (χ1v) is 14.5. The molecule has 0 heterocycles. The van der Waals surface area contributed by atoms with Crippen molar-refractivity contribution < 1.29 is 21.7 Å². The van der Waals surface area contributed by atoms with Crippen LogP contribution < -0.4 is 15.6 Å². The Balaban J connectivity index is 0.00000342. The third-order valence-electron chi connectivity index (χ3n) is 8.99. The zero-order valence-corrected chi connectivity index (χ0v) is 28.8. The van der Waals surface area contributed by atoms with Crippen molar-refractivity contribution in [3.63, 3.8) is 0 Å². The first kappa shape index (κ1) is 36.1. The molecular weight excluding hydrogens is 508 g/mol. The third kappa shape index (κ3) is 5.27. The summed E-state index contributed by atoms with van der Waals surface area (Å²) < 4.78 is 0. The quantitative estimate of drug-likeness (QED) is 0.173. The van der Waals surface area contributed by atoms with E-state index in [1.165, 1.54) is 65.7 Å². The first-order chi connectivity index (χ1) is 15.9. The molecule has 0 nitrogen and oxygen atoms in total. The molecule has 0 radical (unpaired) electrons. The van der Waals surface area contributed by atoms with E-state index >= 15 is 0 Å². The van der Waals surface area contributed by atoms with Gasteiger partial charge in [-0.3, -0.25) is 6.08 Å². The van der Waals surface area contributed by atoms with Crippen molar-refractivity contribution >= 4 is 23.6 Å². The average Bonchev–Trinajstić information content (AvgIpc) is 3.00. The van der Waals surface area contributed by atoms with Gasteiger partial charge in [-0.1, -0.05) is 80.4 Å². The summed E-state index contributed by atoms with van der Waals surface area (Å²) in [7, 11) is -2.62. The van der Waals surface area contributed by atoms with Gasteiger partial charge < -0.3 is 22.3 Å². The van der Waals surface area contributed by atoms with Crippen LogP contribution in [0.4, 0.5) is 0 Å². The number of hydrogen-bond acceptors (Lipinski definition) is 0. The van der Waals surface area contributed by atoms with E-state index in [0.29, 0.717) is 0 Å². The molecule has 0 spiro atoms. The Labute approximate surface area is 251 Å². The fourth-order valence-corrected chi connectivity index (χ4v) is 12.4. The van der Waals surface area contributed by atoms with Crippen LogP contribution in [0.3, 0.4) is 0 Å². The number of rotatable bonds is 4. The van der Waals surface area contributed by atoms with Gasteiger partial charge in [0.15, 0.2) is 0 Å². The molecule has 0 saturated heterocycles. The van der Waals surface area contributed by atoms with Crippen LogP contribution in [0.25, 0.3) is 0 Å². The van der Waals surface area contributed by atoms with Crippen molar-refractivity contribution in [2.45, 2.75) is 74.3 Å². The summed E-state index contributed by atoms with van der Waals surface area (Å²) in [5, 5.41) is 4.24. The number of benzene rings is 3. The van der Waals surface area contributed by atoms with E-state index in [0.717, 1.165) is 0 Å². The van der Waals surface area contributed by atoms with Crippen LogP contribution >= 0.6 is 0 Å². The van der Waals surface area contributed by atoms with E-state index in [2.05, 4.69) is 130 Å². The van der Waals surface area contributed by atoms with Crippen molar-refractivity contribution in [2.75, 3.05) is 0 Å². The van der Waals surface area contributed by atoms with Gasteiger partial charge in [0.25, 0.3) is 0 Å². The van der Waals surface area contributed by atoms with Crippen LogP contribution in [0, 0.1) is 69.9 Å². The third-order valence-corrected chi connectivity index (χ3v) is 14.5. The van der Waals surface area contributed by atoms with Gasteiger partial charge in [-0.25, -0.2) is 5.57 Å². The second-order valence-corrected chi connectivity index (χ2v) is 14.9. The molecule has 1 atom stereocenters. The van der Waals surface area contributed by atoms with Gasteiger partial charge in [0.1, 0.15) is 8.07 Å². The maximum Gasteiger partial charge on any atom is 4.00 e. The molecule has 0 bridgehead atoms. The Morgan fingerprint density at radius 2 is 0.947 bits per heavy atom. The number of aryl methyl sites for hydroxylation is 4. The van der Waals surface area contributed by atoms with Crippen molar-refractivity contribution in [3.8, 4) is 0 Å². The molecule has 1 unspecified atom stereocenters. The van der Waals surface area contributed by atoms with E-state index in [9.17, 15) is 0 Å². The summed E-state index contributed by atoms with van der Waals surface area (Å²) in [6, 6.07) is 21.3. The SMILES string of the molecule is CC1=[C-]C(C)([Si](c2ccccc2)(c2cc(C)c(C)c(C)c2)c2cc(C)c(C)c(C)c2)C(C)=C1C.[CH3-].[CH3-].[CH3-].[Ti+4]. The molecule has 3 aromatic carbocycles. The predicted molar refractivity (Wildman–Crippen MR) is 171 cm³/mol. The second-order valence-electron chi connectivity index (χ2n) is 10.7. The molecule has 1 aliphatic carbocycles. The van der Waals surface area contributed by atoms with E-state index in [1.807, 2.05) is 0 Å². The monoisotopic (exact) mass is 556 g/mol. The van der Waals surface area contributed by atoms with Gasteiger partial charge >= 0.3 is 21.7 Å². The summed E-state index contributed by atoms with van der Waals surface area (Å²) in [4.78, 5) is 0. The summed E-state index contributed by atoms with van der Waals surface area (Å²) >= 11 is 0. The minimum absolute atomic E-state index is 0. The Kier molecular flexibility index (Phi) is 12.3. The minimum atomic E-state index is -2.62. The molecule has 0 fully saturated rings. The molecule has 1 aliphatic rings. The van der Waals surface area contributed by atoms with Gasteiger partial charge in [0.2, 0.25) is 0 Å². The minimum Gasteiger partial charge on any atom is -0.358 e. The molecule has 0 aliphatic heterocycles. The maximum atomic E-state index is 4.08. The second kappa shape index (κ2) is 12.9. The predicted octanol–water partition coefficient (Wildman–Crippen LogP) is 8.22. The number of allylic oxidation sites excluding steroid dienone is 4. The molecular formula is C36H48SiTi. The Morgan fingerprint density at radius 3 is 1.26 bits per heavy atom. The summed E-state index contributed by atoms with van der Waals surface area (Å²) in [6.07, 6.45) is 4.08. The average molecular weight is 557 g/mol. The van der Waals surface area contributed by atoms with E-state index in [1.54, 1.807) is 0 Å². The van der Waals surface area contributed by atoms with E-state index in [-0.39, 0.29) is 49.0 Å². The summed E-state index contributed by atoms with van der Waals surface area (Å²) in [5.74, 6) is 0. The standard InChI is InChI=1S/C33H39Si.3CH3.Ti/c1-21-16-31(17-22(2)26(21)6)34(30-14-12-11-13-15-30,32-18-23(3)27(7)24(4)19-32)33(10)20-25(5)28(8)29(33)9;;;;/h11-19H,1-10H3;3*1H3;/q4*-1;+4. The Hall–Kier alpha value is -1.93. The molecule has 200 valence electrons. The smallest absolute Gasteiger partial charge is 0.358 e. The topological polar surface area (TPSA) is 0 Å². The van der Waals surface area contributed by atoms with Crippen LogP contribution in [0.1, 0.15) is 61.1 Å². The molecule has 0 amide bonds. The fraction of sp³-hybridized carbons (Fsp3) is 0.306. The van der Waals surface area contributed by atoms with Crippen molar-refractivity contribution in [3.05, 3.63) is 133 Å². The van der Waals surface area contributed by atoms with Crippen LogP contribution in [-0.2, 0) is 21.7 Å². The van der Waals surface area contributed by atoms with E-state index < -0.39 is 8.07 Å². The Morgan fingerprint density at radius 1 is 0.579 bits per heavy atom. The summed E-state index contributed by atoms with van der Waals surface area (Å²) in [6.45, 7) is 23.0. The normalized spacial score (nSPS) is 16.5. The maximum absolute atomic E-state index is 4.08. The number of hydrogen-bond donors (Lipinski definition) is 0. The fourth-order valence-electron chi connectivity index (χ4n) is 6.15. The van der Waals surface area contributed by atoms with Crippen LogP contribution in [0.5, 0.6) is 0 Å².